The van der Waals surface area contributed by atoms with Gasteiger partial charge < -0.3 is 4.74 Å². The number of nitrogens with zero attached hydrogens (tertiary/aromatic N) is 1. The maximum absolute atomic E-state index is 12.3. The van der Waals surface area contributed by atoms with Crippen molar-refractivity contribution in [2.75, 3.05) is 7.11 Å². The number of esters is 1. The smallest absolute Gasteiger partial charge is 0.350 e. The van der Waals surface area contributed by atoms with Crippen molar-refractivity contribution >= 4 is 28.1 Å². The molecule has 0 aliphatic carbocycles. The van der Waals surface area contributed by atoms with E-state index in [1.165, 1.54) is 7.11 Å². The van der Waals surface area contributed by atoms with Crippen molar-refractivity contribution in [3.8, 4) is 5.69 Å². The van der Waals surface area contributed by atoms with E-state index in [-0.39, 0.29) is 4.87 Å². The normalized spacial score (nSPS) is 10.8. The fraction of sp³-hybridized carbons (Fsp3) is 0.125. The van der Waals surface area contributed by atoms with Crippen molar-refractivity contribution in [2.45, 2.75) is 6.92 Å². The predicted octanol–water partition coefficient (Wildman–Crippen LogP) is 3.15. The highest BCUT2D eigenvalue weighted by atomic mass is 32.1. The van der Waals surface area contributed by atoms with Crippen LogP contribution in [0.5, 0.6) is 0 Å². The van der Waals surface area contributed by atoms with Crippen LogP contribution < -0.4 is 4.87 Å². The third-order valence-electron chi connectivity index (χ3n) is 3.41. The number of rotatable bonds is 2. The molecule has 0 fully saturated rings. The van der Waals surface area contributed by atoms with Gasteiger partial charge in [0.1, 0.15) is 4.88 Å². The van der Waals surface area contributed by atoms with E-state index < -0.39 is 5.97 Å². The van der Waals surface area contributed by atoms with E-state index in [0.717, 1.165) is 27.8 Å². The molecule has 0 saturated heterocycles. The van der Waals surface area contributed by atoms with Crippen LogP contribution in [0.3, 0.4) is 0 Å². The quantitative estimate of drug-likeness (QED) is 0.683. The maximum atomic E-state index is 12.3. The van der Waals surface area contributed by atoms with Crippen molar-refractivity contribution in [1.82, 2.24) is 4.57 Å². The lowest BCUT2D eigenvalue weighted by molar-refractivity contribution is 0.0605. The fourth-order valence-electron chi connectivity index (χ4n) is 2.41. The minimum Gasteiger partial charge on any atom is -0.465 e. The van der Waals surface area contributed by atoms with Crippen molar-refractivity contribution in [3.63, 3.8) is 0 Å². The van der Waals surface area contributed by atoms with E-state index in [9.17, 15) is 9.59 Å². The Bertz CT molecular complexity index is 887. The van der Waals surface area contributed by atoms with Crippen LogP contribution in [0.1, 0.15) is 15.4 Å². The van der Waals surface area contributed by atoms with Gasteiger partial charge in [-0.3, -0.25) is 9.36 Å². The van der Waals surface area contributed by atoms with Crippen molar-refractivity contribution in [1.29, 1.82) is 0 Å². The minimum atomic E-state index is -0.478. The summed E-state index contributed by atoms with van der Waals surface area (Å²) in [5.41, 5.74) is 1.38. The Hall–Kier alpha value is -2.40. The number of carbonyl (C=O) groups excluding carboxylic acids is 1. The third kappa shape index (κ3) is 2.15. The zero-order valence-electron chi connectivity index (χ0n) is 11.6. The molecule has 3 aromatic rings. The molecule has 0 aliphatic heterocycles. The van der Waals surface area contributed by atoms with Crippen LogP contribution in [0.15, 0.2) is 47.3 Å². The molecule has 0 spiro atoms. The molecule has 0 unspecified atom stereocenters. The molecule has 1 aromatic heterocycles. The lowest BCUT2D eigenvalue weighted by atomic mass is 10.1. The molecule has 5 heteroatoms. The van der Waals surface area contributed by atoms with Gasteiger partial charge in [0, 0.05) is 11.1 Å². The largest absolute Gasteiger partial charge is 0.465 e. The van der Waals surface area contributed by atoms with Gasteiger partial charge in [-0.15, -0.1) is 0 Å². The molecule has 0 aliphatic rings. The van der Waals surface area contributed by atoms with Crippen LogP contribution in [0.4, 0.5) is 0 Å². The number of aromatic nitrogens is 1. The number of hydrogen-bond acceptors (Lipinski definition) is 4. The first-order valence-corrected chi connectivity index (χ1v) is 7.24. The number of hydrogen-bond donors (Lipinski definition) is 0. The first-order valence-electron chi connectivity index (χ1n) is 6.42. The summed E-state index contributed by atoms with van der Waals surface area (Å²) in [6.45, 7) is 1.76. The number of fused-ring (bicyclic) bond motifs is 1. The van der Waals surface area contributed by atoms with E-state index in [2.05, 4.69) is 0 Å². The monoisotopic (exact) mass is 299 g/mol. The second kappa shape index (κ2) is 5.18. The molecule has 2 aromatic carbocycles. The summed E-state index contributed by atoms with van der Waals surface area (Å²) in [7, 11) is 1.31. The highest BCUT2D eigenvalue weighted by Gasteiger charge is 2.19. The van der Waals surface area contributed by atoms with Gasteiger partial charge in [-0.1, -0.05) is 47.7 Å². The number of carbonyl (C=O) groups is 1. The number of benzene rings is 2. The van der Waals surface area contributed by atoms with E-state index in [1.807, 2.05) is 42.5 Å². The van der Waals surface area contributed by atoms with Crippen LogP contribution in [0, 0.1) is 6.92 Å². The SMILES string of the molecule is COC(=O)c1sc(=O)n(-c2cccc3ccccc23)c1C. The molecule has 0 bridgehead atoms. The summed E-state index contributed by atoms with van der Waals surface area (Å²) in [5.74, 6) is -0.478. The first-order chi connectivity index (χ1) is 10.1. The summed E-state index contributed by atoms with van der Waals surface area (Å²) in [5, 5.41) is 2.02. The molecule has 3 rings (SSSR count). The maximum Gasteiger partial charge on any atom is 0.350 e. The molecule has 106 valence electrons. The molecule has 0 saturated carbocycles. The standard InChI is InChI=1S/C16H13NO3S/c1-10-14(15(18)20-2)21-16(19)17(10)13-9-5-7-11-6-3-4-8-12(11)13/h3-9H,1-2H3. The minimum absolute atomic E-state index is 0.191. The second-order valence-corrected chi connectivity index (χ2v) is 5.57. The Labute approximate surface area is 125 Å². The highest BCUT2D eigenvalue weighted by molar-refractivity contribution is 7.11. The Morgan fingerprint density at radius 2 is 1.86 bits per heavy atom. The van der Waals surface area contributed by atoms with E-state index in [1.54, 1.807) is 11.5 Å². The van der Waals surface area contributed by atoms with Gasteiger partial charge in [0.15, 0.2) is 0 Å². The number of methoxy groups -OCH3 is 1. The molecular weight excluding hydrogens is 286 g/mol. The topological polar surface area (TPSA) is 48.3 Å². The van der Waals surface area contributed by atoms with Crippen molar-refractivity contribution in [2.24, 2.45) is 0 Å². The molecule has 4 nitrogen and oxygen atoms in total. The second-order valence-electron chi connectivity index (χ2n) is 4.61. The van der Waals surface area contributed by atoms with Gasteiger partial charge in [0.2, 0.25) is 0 Å². The lowest BCUT2D eigenvalue weighted by Crippen LogP contribution is -2.12. The zero-order chi connectivity index (χ0) is 15.0. The molecule has 0 radical (unpaired) electrons. The summed E-state index contributed by atoms with van der Waals surface area (Å²) >= 11 is 0.910. The van der Waals surface area contributed by atoms with Crippen LogP contribution in [-0.2, 0) is 4.74 Å². The lowest BCUT2D eigenvalue weighted by Gasteiger charge is -2.09. The van der Waals surface area contributed by atoms with Crippen LogP contribution in [-0.4, -0.2) is 17.6 Å². The molecule has 0 N–H and O–H groups in total. The molecule has 0 amide bonds. The Morgan fingerprint density at radius 3 is 2.62 bits per heavy atom. The number of ether oxygens (including phenoxy) is 1. The van der Waals surface area contributed by atoms with Crippen LogP contribution in [0.2, 0.25) is 0 Å². The van der Waals surface area contributed by atoms with Crippen molar-refractivity contribution < 1.29 is 9.53 Å². The predicted molar refractivity (Wildman–Crippen MR) is 83.5 cm³/mol. The van der Waals surface area contributed by atoms with Gasteiger partial charge in [0.05, 0.1) is 12.8 Å². The van der Waals surface area contributed by atoms with Crippen LogP contribution in [0.25, 0.3) is 16.5 Å². The molecule has 1 heterocycles. The average molecular weight is 299 g/mol. The third-order valence-corrected chi connectivity index (χ3v) is 4.44. The van der Waals surface area contributed by atoms with Crippen molar-refractivity contribution in [3.05, 3.63) is 62.7 Å². The zero-order valence-corrected chi connectivity index (χ0v) is 12.4. The first kappa shape index (κ1) is 13.6. The van der Waals surface area contributed by atoms with Gasteiger partial charge >= 0.3 is 10.8 Å². The fourth-order valence-corrected chi connectivity index (χ4v) is 3.32. The molecule has 0 atom stereocenters. The van der Waals surface area contributed by atoms with E-state index >= 15 is 0 Å². The van der Waals surface area contributed by atoms with Crippen LogP contribution >= 0.6 is 11.3 Å². The summed E-state index contributed by atoms with van der Waals surface area (Å²) < 4.78 is 6.30. The Morgan fingerprint density at radius 1 is 1.14 bits per heavy atom. The van der Waals surface area contributed by atoms with Gasteiger partial charge in [-0.25, -0.2) is 4.79 Å². The molecule has 21 heavy (non-hydrogen) atoms. The van der Waals surface area contributed by atoms with Gasteiger partial charge in [-0.05, 0) is 18.4 Å². The summed E-state index contributed by atoms with van der Waals surface area (Å²) in [6, 6.07) is 13.6. The van der Waals surface area contributed by atoms with Gasteiger partial charge in [-0.2, -0.15) is 0 Å². The van der Waals surface area contributed by atoms with E-state index in [4.69, 9.17) is 4.74 Å². The Kier molecular flexibility index (Phi) is 3.35. The van der Waals surface area contributed by atoms with E-state index in [0.29, 0.717) is 10.6 Å². The molecular formula is C16H13NO3S. The highest BCUT2D eigenvalue weighted by Crippen LogP contribution is 2.24. The summed E-state index contributed by atoms with van der Waals surface area (Å²) in [6.07, 6.45) is 0. The van der Waals surface area contributed by atoms with Gasteiger partial charge in [0.25, 0.3) is 0 Å². The Balaban J connectivity index is 2.32. The number of thiazole rings is 1. The average Bonchev–Trinajstić information content (AvgIpc) is 2.81. The summed E-state index contributed by atoms with van der Waals surface area (Å²) in [4.78, 5) is 24.2.